The fourth-order valence-corrected chi connectivity index (χ4v) is 4.02. The van der Waals surface area contributed by atoms with Crippen molar-refractivity contribution in [3.63, 3.8) is 0 Å². The van der Waals surface area contributed by atoms with Crippen molar-refractivity contribution in [2.75, 3.05) is 32.4 Å². The van der Waals surface area contributed by atoms with Crippen LogP contribution in [-0.4, -0.2) is 47.8 Å². The summed E-state index contributed by atoms with van der Waals surface area (Å²) in [6, 6.07) is 8.21. The number of carbonyl (C=O) groups is 1. The van der Waals surface area contributed by atoms with Crippen LogP contribution in [-0.2, 0) is 17.5 Å². The average molecular weight is 509 g/mol. The van der Waals surface area contributed by atoms with Crippen LogP contribution < -0.4 is 19.5 Å². The lowest BCUT2D eigenvalue weighted by Gasteiger charge is -2.15. The summed E-state index contributed by atoms with van der Waals surface area (Å²) in [7, 11) is 4.48. The maximum Gasteiger partial charge on any atom is 0.418 e. The van der Waals surface area contributed by atoms with Crippen LogP contribution in [0.15, 0.2) is 54.2 Å². The second-order valence-corrected chi connectivity index (χ2v) is 7.94. The van der Waals surface area contributed by atoms with Gasteiger partial charge in [-0.3, -0.25) is 9.36 Å². The molecule has 0 aliphatic rings. The van der Waals surface area contributed by atoms with Crippen LogP contribution >= 0.6 is 11.8 Å². The van der Waals surface area contributed by atoms with Gasteiger partial charge in [0.15, 0.2) is 22.5 Å². The highest BCUT2D eigenvalue weighted by Crippen LogP contribution is 2.41. The summed E-state index contributed by atoms with van der Waals surface area (Å²) < 4.78 is 57.4. The Morgan fingerprint density at radius 3 is 2.34 bits per heavy atom. The summed E-state index contributed by atoms with van der Waals surface area (Å²) in [6.45, 7) is 4.07. The molecule has 1 heterocycles. The van der Waals surface area contributed by atoms with Gasteiger partial charge in [0.05, 0.1) is 38.3 Å². The number of hydrogen-bond donors (Lipinski definition) is 1. The van der Waals surface area contributed by atoms with Gasteiger partial charge in [-0.25, -0.2) is 0 Å². The minimum absolute atomic E-state index is 0.184. The standard InChI is InChI=1S/C23H23F3N4O4S/c1-5-10-30-21(14-11-17(32-2)20(34-4)18(12-14)33-3)28-29-22(30)35-13-19(31)27-16-9-7-6-8-15(16)23(24,25)26/h5-9,11-12H,1,10,13H2,2-4H3,(H,27,31). The second-order valence-electron chi connectivity index (χ2n) is 7.00. The molecule has 3 aromatic rings. The van der Waals surface area contributed by atoms with E-state index < -0.39 is 17.6 Å². The monoisotopic (exact) mass is 508 g/mol. The van der Waals surface area contributed by atoms with Crippen molar-refractivity contribution < 1.29 is 32.2 Å². The van der Waals surface area contributed by atoms with Crippen LogP contribution in [0.5, 0.6) is 17.2 Å². The second kappa shape index (κ2) is 11.2. The number of allylic oxidation sites excluding steroid dienone is 1. The van der Waals surface area contributed by atoms with Crippen LogP contribution in [0.3, 0.4) is 0 Å². The van der Waals surface area contributed by atoms with Crippen molar-refractivity contribution in [3.8, 4) is 28.6 Å². The van der Waals surface area contributed by atoms with Crippen molar-refractivity contribution in [3.05, 3.63) is 54.6 Å². The molecule has 1 N–H and O–H groups in total. The summed E-state index contributed by atoms with van der Waals surface area (Å²) in [4.78, 5) is 12.4. The number of thioether (sulfide) groups is 1. The highest BCUT2D eigenvalue weighted by molar-refractivity contribution is 7.99. The van der Waals surface area contributed by atoms with E-state index in [4.69, 9.17) is 14.2 Å². The molecule has 8 nitrogen and oxygen atoms in total. The molecule has 0 bridgehead atoms. The molecule has 186 valence electrons. The van der Waals surface area contributed by atoms with Crippen molar-refractivity contribution in [2.45, 2.75) is 17.9 Å². The van der Waals surface area contributed by atoms with E-state index in [2.05, 4.69) is 22.1 Å². The first-order valence-electron chi connectivity index (χ1n) is 10.2. The maximum absolute atomic E-state index is 13.2. The zero-order chi connectivity index (χ0) is 25.6. The Morgan fingerprint density at radius 2 is 1.77 bits per heavy atom. The Hall–Kier alpha value is -3.67. The minimum Gasteiger partial charge on any atom is -0.493 e. The average Bonchev–Trinajstić information content (AvgIpc) is 3.24. The maximum atomic E-state index is 13.2. The van der Waals surface area contributed by atoms with Gasteiger partial charge in [0.25, 0.3) is 0 Å². The summed E-state index contributed by atoms with van der Waals surface area (Å²) >= 11 is 1.03. The van der Waals surface area contributed by atoms with Crippen LogP contribution in [0.25, 0.3) is 11.4 Å². The predicted octanol–water partition coefficient (Wildman–Crippen LogP) is 4.91. The third-order valence-electron chi connectivity index (χ3n) is 4.79. The third-order valence-corrected chi connectivity index (χ3v) is 5.76. The SMILES string of the molecule is C=CCn1c(SCC(=O)Nc2ccccc2C(F)(F)F)nnc1-c1cc(OC)c(OC)c(OC)c1. The lowest BCUT2D eigenvalue weighted by Crippen LogP contribution is -2.18. The molecule has 0 aliphatic carbocycles. The number of amides is 1. The lowest BCUT2D eigenvalue weighted by molar-refractivity contribution is -0.137. The highest BCUT2D eigenvalue weighted by Gasteiger charge is 2.33. The first kappa shape index (κ1) is 25.9. The Kier molecular flexibility index (Phi) is 8.28. The van der Waals surface area contributed by atoms with Crippen molar-refractivity contribution >= 4 is 23.4 Å². The molecule has 0 saturated heterocycles. The van der Waals surface area contributed by atoms with Crippen LogP contribution in [0.1, 0.15) is 5.56 Å². The molecule has 0 aliphatic heterocycles. The number of benzene rings is 2. The lowest BCUT2D eigenvalue weighted by atomic mass is 10.1. The number of methoxy groups -OCH3 is 3. The third kappa shape index (κ3) is 5.88. The highest BCUT2D eigenvalue weighted by atomic mass is 32.2. The quantitative estimate of drug-likeness (QED) is 0.308. The van der Waals surface area contributed by atoms with Crippen molar-refractivity contribution in [2.24, 2.45) is 0 Å². The number of alkyl halides is 3. The molecule has 1 amide bonds. The number of para-hydroxylation sites is 1. The van der Waals surface area contributed by atoms with Gasteiger partial charge in [0.2, 0.25) is 11.7 Å². The van der Waals surface area contributed by atoms with Crippen molar-refractivity contribution in [1.82, 2.24) is 14.8 Å². The van der Waals surface area contributed by atoms with E-state index in [0.29, 0.717) is 40.3 Å². The summed E-state index contributed by atoms with van der Waals surface area (Å²) in [5, 5.41) is 11.1. The number of hydrogen-bond acceptors (Lipinski definition) is 7. The van der Waals surface area contributed by atoms with E-state index in [1.54, 1.807) is 22.8 Å². The zero-order valence-corrected chi connectivity index (χ0v) is 20.0. The molecule has 0 spiro atoms. The van der Waals surface area contributed by atoms with Crippen LogP contribution in [0.2, 0.25) is 0 Å². The number of carbonyl (C=O) groups excluding carboxylic acids is 1. The van der Waals surface area contributed by atoms with E-state index in [0.717, 1.165) is 17.8 Å². The minimum atomic E-state index is -4.59. The first-order valence-corrected chi connectivity index (χ1v) is 11.1. The summed E-state index contributed by atoms with van der Waals surface area (Å²) in [5.74, 6) is 0.915. The van der Waals surface area contributed by atoms with Gasteiger partial charge in [0, 0.05) is 12.1 Å². The Morgan fingerprint density at radius 1 is 1.11 bits per heavy atom. The molecular weight excluding hydrogens is 485 g/mol. The number of nitrogens with one attached hydrogen (secondary N) is 1. The predicted molar refractivity (Wildman–Crippen MR) is 126 cm³/mol. The molecule has 0 radical (unpaired) electrons. The molecule has 0 fully saturated rings. The van der Waals surface area contributed by atoms with Gasteiger partial charge in [0.1, 0.15) is 0 Å². The summed E-state index contributed by atoms with van der Waals surface area (Å²) in [5.41, 5.74) is -0.613. The van der Waals surface area contributed by atoms with Gasteiger partial charge < -0.3 is 19.5 Å². The molecular formula is C23H23F3N4O4S. The normalized spacial score (nSPS) is 11.1. The topological polar surface area (TPSA) is 87.5 Å². The van der Waals surface area contributed by atoms with Crippen LogP contribution in [0, 0.1) is 0 Å². The fourth-order valence-electron chi connectivity index (χ4n) is 3.27. The first-order chi connectivity index (χ1) is 16.7. The van der Waals surface area contributed by atoms with E-state index in [1.807, 2.05) is 0 Å². The van der Waals surface area contributed by atoms with Gasteiger partial charge in [-0.1, -0.05) is 30.0 Å². The number of aromatic nitrogens is 3. The Bertz CT molecular complexity index is 1190. The molecule has 1 aromatic heterocycles. The summed E-state index contributed by atoms with van der Waals surface area (Å²) in [6.07, 6.45) is -2.95. The Balaban J connectivity index is 1.84. The van der Waals surface area contributed by atoms with Gasteiger partial charge >= 0.3 is 6.18 Å². The molecule has 0 unspecified atom stereocenters. The van der Waals surface area contributed by atoms with E-state index in [9.17, 15) is 18.0 Å². The van der Waals surface area contributed by atoms with E-state index >= 15 is 0 Å². The Labute approximate surface area is 204 Å². The number of nitrogens with zero attached hydrogens (tertiary/aromatic N) is 3. The molecule has 3 rings (SSSR count). The number of halogens is 3. The molecule has 0 atom stereocenters. The van der Waals surface area contributed by atoms with Crippen molar-refractivity contribution in [1.29, 1.82) is 0 Å². The molecule has 35 heavy (non-hydrogen) atoms. The van der Waals surface area contributed by atoms with E-state index in [1.165, 1.54) is 39.5 Å². The van der Waals surface area contributed by atoms with Gasteiger partial charge in [-0.2, -0.15) is 13.2 Å². The van der Waals surface area contributed by atoms with E-state index in [-0.39, 0.29) is 11.4 Å². The number of rotatable bonds is 10. The molecule has 12 heteroatoms. The largest absolute Gasteiger partial charge is 0.493 e. The van der Waals surface area contributed by atoms with Gasteiger partial charge in [-0.05, 0) is 24.3 Å². The van der Waals surface area contributed by atoms with Gasteiger partial charge in [-0.15, -0.1) is 16.8 Å². The fraction of sp³-hybridized carbons (Fsp3) is 0.261. The number of anilines is 1. The smallest absolute Gasteiger partial charge is 0.418 e. The molecule has 0 saturated carbocycles. The van der Waals surface area contributed by atoms with Crippen LogP contribution in [0.4, 0.5) is 18.9 Å². The molecule has 2 aromatic carbocycles. The number of ether oxygens (including phenoxy) is 3. The zero-order valence-electron chi connectivity index (χ0n) is 19.2.